The van der Waals surface area contributed by atoms with Crippen molar-refractivity contribution < 1.29 is 24.5 Å². The quantitative estimate of drug-likeness (QED) is 0.0322. The van der Waals surface area contributed by atoms with E-state index in [1.54, 1.807) is 6.08 Å². The summed E-state index contributed by atoms with van der Waals surface area (Å²) in [5.74, 6) is -0.122. The predicted molar refractivity (Wildman–Crippen MR) is 264 cm³/mol. The molecule has 0 aliphatic heterocycles. The summed E-state index contributed by atoms with van der Waals surface area (Å²) in [5.41, 5.74) is 0. The number of carbonyl (C=O) groups excluding carboxylic acids is 2. The Hall–Kier alpha value is -2.18. The van der Waals surface area contributed by atoms with Crippen molar-refractivity contribution in [3.63, 3.8) is 0 Å². The van der Waals surface area contributed by atoms with Gasteiger partial charge in [-0.25, -0.2) is 0 Å². The molecular formula is C55H101NO5. The highest BCUT2D eigenvalue weighted by Gasteiger charge is 2.18. The molecule has 0 fully saturated rings. The van der Waals surface area contributed by atoms with Crippen molar-refractivity contribution in [3.8, 4) is 0 Å². The van der Waals surface area contributed by atoms with Gasteiger partial charge < -0.3 is 20.3 Å². The van der Waals surface area contributed by atoms with Crippen molar-refractivity contribution in [2.24, 2.45) is 0 Å². The standard InChI is InChI=1S/C55H101NO5/c1-3-5-7-9-11-13-15-17-18-19-20-21-25-29-33-37-41-45-49-55(60)61-50-46-42-38-34-30-26-22-24-28-32-36-40-44-48-54(59)56-52(51-57)53(58)47-43-39-35-31-27-23-16-14-12-10-8-6-4-2/h13,15,18-19,24,28,43,47,52-53,57-58H,3-12,14,16-17,20-23,25-27,29-42,44-46,48-51H2,1-2H3,(H,56,59)/b15-13-,19-18-,28-24-,47-43+. The van der Waals surface area contributed by atoms with Gasteiger partial charge in [-0.15, -0.1) is 0 Å². The first-order valence-electron chi connectivity index (χ1n) is 26.4. The third kappa shape index (κ3) is 47.1. The topological polar surface area (TPSA) is 95.9 Å². The maximum Gasteiger partial charge on any atom is 0.305 e. The van der Waals surface area contributed by atoms with Gasteiger partial charge in [-0.1, -0.05) is 210 Å². The normalized spacial score (nSPS) is 13.0. The van der Waals surface area contributed by atoms with Crippen LogP contribution in [-0.2, 0) is 14.3 Å². The number of aliphatic hydroxyl groups is 2. The van der Waals surface area contributed by atoms with Crippen LogP contribution in [0.2, 0.25) is 0 Å². The summed E-state index contributed by atoms with van der Waals surface area (Å²) in [5, 5.41) is 23.0. The number of ether oxygens (including phenoxy) is 1. The Kier molecular flexibility index (Phi) is 48.7. The van der Waals surface area contributed by atoms with Crippen LogP contribution < -0.4 is 5.32 Å². The van der Waals surface area contributed by atoms with Crippen molar-refractivity contribution in [1.29, 1.82) is 0 Å². The average Bonchev–Trinajstić information content (AvgIpc) is 3.26. The molecule has 0 bridgehead atoms. The first-order valence-corrected chi connectivity index (χ1v) is 26.4. The molecule has 3 N–H and O–H groups in total. The molecule has 356 valence electrons. The lowest BCUT2D eigenvalue weighted by Crippen LogP contribution is -2.45. The summed E-state index contributed by atoms with van der Waals surface area (Å²) in [6.45, 7) is 4.83. The second kappa shape index (κ2) is 50.5. The molecule has 0 aromatic heterocycles. The lowest BCUT2D eigenvalue weighted by molar-refractivity contribution is -0.143. The van der Waals surface area contributed by atoms with Crippen molar-refractivity contribution >= 4 is 11.9 Å². The van der Waals surface area contributed by atoms with E-state index in [0.717, 1.165) is 77.0 Å². The Morgan fingerprint density at radius 3 is 1.30 bits per heavy atom. The Morgan fingerprint density at radius 2 is 0.820 bits per heavy atom. The third-order valence-electron chi connectivity index (χ3n) is 11.8. The molecule has 1 amide bonds. The van der Waals surface area contributed by atoms with Crippen molar-refractivity contribution in [2.75, 3.05) is 13.2 Å². The molecule has 61 heavy (non-hydrogen) atoms. The number of hydrogen-bond donors (Lipinski definition) is 3. The summed E-state index contributed by atoms with van der Waals surface area (Å²) >= 11 is 0. The molecule has 0 rings (SSSR count). The lowest BCUT2D eigenvalue weighted by atomic mass is 10.0. The van der Waals surface area contributed by atoms with Crippen LogP contribution in [0.4, 0.5) is 0 Å². The van der Waals surface area contributed by atoms with E-state index in [1.165, 1.54) is 161 Å². The van der Waals surface area contributed by atoms with E-state index in [4.69, 9.17) is 4.74 Å². The van der Waals surface area contributed by atoms with E-state index in [2.05, 4.69) is 55.6 Å². The minimum absolute atomic E-state index is 0.0223. The molecule has 0 radical (unpaired) electrons. The molecule has 0 aromatic rings. The van der Waals surface area contributed by atoms with Crippen molar-refractivity contribution in [2.45, 2.75) is 276 Å². The van der Waals surface area contributed by atoms with Crippen LogP contribution >= 0.6 is 0 Å². The highest BCUT2D eigenvalue weighted by molar-refractivity contribution is 5.76. The Bertz CT molecular complexity index is 1040. The van der Waals surface area contributed by atoms with Crippen LogP contribution in [0.1, 0.15) is 264 Å². The van der Waals surface area contributed by atoms with Gasteiger partial charge in [-0.3, -0.25) is 9.59 Å². The van der Waals surface area contributed by atoms with E-state index < -0.39 is 12.1 Å². The van der Waals surface area contributed by atoms with Crippen LogP contribution in [0.3, 0.4) is 0 Å². The molecule has 0 aliphatic carbocycles. The first-order chi connectivity index (χ1) is 30.0. The summed E-state index contributed by atoms with van der Waals surface area (Å²) < 4.78 is 5.46. The zero-order valence-electron chi connectivity index (χ0n) is 40.4. The Balaban J connectivity index is 3.53. The number of nitrogens with one attached hydrogen (secondary N) is 1. The summed E-state index contributed by atoms with van der Waals surface area (Å²) in [6, 6.07) is -0.649. The van der Waals surface area contributed by atoms with Crippen LogP contribution in [0.15, 0.2) is 48.6 Å². The van der Waals surface area contributed by atoms with E-state index in [-0.39, 0.29) is 18.5 Å². The molecule has 2 atom stereocenters. The highest BCUT2D eigenvalue weighted by Crippen LogP contribution is 2.14. The fourth-order valence-electron chi connectivity index (χ4n) is 7.71. The molecule has 0 heterocycles. The van der Waals surface area contributed by atoms with Crippen molar-refractivity contribution in [3.05, 3.63) is 48.6 Å². The van der Waals surface area contributed by atoms with E-state index in [9.17, 15) is 19.8 Å². The van der Waals surface area contributed by atoms with Crippen LogP contribution in [-0.4, -0.2) is 47.4 Å². The average molecular weight is 856 g/mol. The number of hydrogen-bond acceptors (Lipinski definition) is 5. The Morgan fingerprint density at radius 1 is 0.459 bits per heavy atom. The molecule has 0 aliphatic rings. The number of rotatable bonds is 48. The molecule has 0 saturated heterocycles. The monoisotopic (exact) mass is 856 g/mol. The minimum atomic E-state index is -0.862. The van der Waals surface area contributed by atoms with Gasteiger partial charge in [0.1, 0.15) is 0 Å². The maximum atomic E-state index is 12.4. The van der Waals surface area contributed by atoms with E-state index in [1.807, 2.05) is 6.08 Å². The molecule has 0 saturated carbocycles. The number of carbonyl (C=O) groups is 2. The van der Waals surface area contributed by atoms with Crippen LogP contribution in [0.5, 0.6) is 0 Å². The molecule has 6 nitrogen and oxygen atoms in total. The van der Waals surface area contributed by atoms with Gasteiger partial charge in [0.15, 0.2) is 0 Å². The largest absolute Gasteiger partial charge is 0.466 e. The van der Waals surface area contributed by atoms with Crippen molar-refractivity contribution in [1.82, 2.24) is 5.32 Å². The van der Waals surface area contributed by atoms with Gasteiger partial charge in [-0.05, 0) is 89.9 Å². The zero-order chi connectivity index (χ0) is 44.4. The number of amides is 1. The molecule has 6 heteroatoms. The Labute approximate surface area is 378 Å². The fraction of sp³-hybridized carbons (Fsp3) is 0.818. The molecule has 0 aromatic carbocycles. The maximum absolute atomic E-state index is 12.4. The number of allylic oxidation sites excluding steroid dienone is 7. The van der Waals surface area contributed by atoms with Gasteiger partial charge in [-0.2, -0.15) is 0 Å². The van der Waals surface area contributed by atoms with Crippen LogP contribution in [0.25, 0.3) is 0 Å². The molecular weight excluding hydrogens is 755 g/mol. The van der Waals surface area contributed by atoms with Gasteiger partial charge in [0.2, 0.25) is 5.91 Å². The number of aliphatic hydroxyl groups excluding tert-OH is 2. The fourth-order valence-corrected chi connectivity index (χ4v) is 7.71. The summed E-state index contributed by atoms with van der Waals surface area (Å²) in [4.78, 5) is 24.5. The van der Waals surface area contributed by atoms with Gasteiger partial charge >= 0.3 is 5.97 Å². The lowest BCUT2D eigenvalue weighted by Gasteiger charge is -2.19. The summed E-state index contributed by atoms with van der Waals surface area (Å²) in [6.07, 6.45) is 62.5. The smallest absolute Gasteiger partial charge is 0.305 e. The van der Waals surface area contributed by atoms with Crippen LogP contribution in [0, 0.1) is 0 Å². The van der Waals surface area contributed by atoms with E-state index in [0.29, 0.717) is 19.4 Å². The minimum Gasteiger partial charge on any atom is -0.466 e. The highest BCUT2D eigenvalue weighted by atomic mass is 16.5. The van der Waals surface area contributed by atoms with Gasteiger partial charge in [0.05, 0.1) is 25.4 Å². The molecule has 2 unspecified atom stereocenters. The summed E-state index contributed by atoms with van der Waals surface area (Å²) in [7, 11) is 0. The molecule has 0 spiro atoms. The zero-order valence-corrected chi connectivity index (χ0v) is 40.4. The van der Waals surface area contributed by atoms with E-state index >= 15 is 0 Å². The first kappa shape index (κ1) is 58.8. The SMILES string of the molecule is CCCCCC/C=C\C/C=C\CCCCCCCCCC(=O)OCCCCCCCC/C=C\CCCCCC(=O)NC(CO)C(O)/C=C/CCCCCCCCCCCCC. The number of unbranched alkanes of at least 4 members (excludes halogenated alkanes) is 31. The third-order valence-corrected chi connectivity index (χ3v) is 11.8. The second-order valence-electron chi connectivity index (χ2n) is 17.8. The van der Waals surface area contributed by atoms with Gasteiger partial charge in [0, 0.05) is 12.8 Å². The van der Waals surface area contributed by atoms with Gasteiger partial charge in [0.25, 0.3) is 0 Å². The number of esters is 1. The predicted octanol–water partition coefficient (Wildman–Crippen LogP) is 15.8. The second-order valence-corrected chi connectivity index (χ2v) is 17.8.